The fourth-order valence-corrected chi connectivity index (χ4v) is 3.37. The normalized spacial score (nSPS) is 13.7. The summed E-state index contributed by atoms with van der Waals surface area (Å²) in [7, 11) is 0. The van der Waals surface area contributed by atoms with Crippen LogP contribution in [0.3, 0.4) is 0 Å². The molecule has 144 valence electrons. The molecule has 0 bridgehead atoms. The third kappa shape index (κ3) is 3.52. The first kappa shape index (κ1) is 18.3. The molecule has 4 rings (SSSR count). The Bertz CT molecular complexity index is 1120. The molecule has 3 heterocycles. The highest BCUT2D eigenvalue weighted by molar-refractivity contribution is 5.83. The third-order valence-corrected chi connectivity index (χ3v) is 5.17. The summed E-state index contributed by atoms with van der Waals surface area (Å²) >= 11 is 0. The smallest absolute Gasteiger partial charge is 0.182 e. The molecule has 2 N–H and O–H groups in total. The maximum Gasteiger partial charge on any atom is 0.182 e. The lowest BCUT2D eigenvalue weighted by atomic mass is 9.95. The van der Waals surface area contributed by atoms with Gasteiger partial charge >= 0.3 is 0 Å². The van der Waals surface area contributed by atoms with E-state index in [0.29, 0.717) is 22.9 Å². The maximum absolute atomic E-state index is 13.7. The molecule has 0 aliphatic heterocycles. The number of rotatable bonds is 6. The molecule has 7 heteroatoms. The molecule has 1 aromatic carbocycles. The highest BCUT2D eigenvalue weighted by atomic mass is 19.1. The number of H-pyrrole nitrogens is 1. The fourth-order valence-electron chi connectivity index (χ4n) is 3.37. The molecule has 0 amide bonds. The summed E-state index contributed by atoms with van der Waals surface area (Å²) in [5.74, 6) is 0.919. The van der Waals surface area contributed by atoms with Gasteiger partial charge in [-0.05, 0) is 43.0 Å². The van der Waals surface area contributed by atoms with E-state index in [1.54, 1.807) is 12.4 Å². The van der Waals surface area contributed by atoms with E-state index in [4.69, 9.17) is 4.98 Å². The predicted molar refractivity (Wildman–Crippen MR) is 109 cm³/mol. The molecule has 2 unspecified atom stereocenters. The number of anilines is 1. The van der Waals surface area contributed by atoms with Crippen molar-refractivity contribution in [3.63, 3.8) is 0 Å². The standard InChI is InChI=1S/C21H23FN6/c1-4-12(2)7-18-16(8-14-5-6-15(22)9-17(14)28-18)13(3)27-21-19-20(24-10-23-19)25-11-26-21/h5-6,8-13H,4,7H2,1-3H3,(H2,23,24,25,26,27). The molecule has 0 aliphatic rings. The summed E-state index contributed by atoms with van der Waals surface area (Å²) in [5.41, 5.74) is 4.16. The van der Waals surface area contributed by atoms with Gasteiger partial charge in [-0.15, -0.1) is 0 Å². The van der Waals surface area contributed by atoms with Crippen LogP contribution in [-0.4, -0.2) is 24.9 Å². The Morgan fingerprint density at radius 2 is 2.00 bits per heavy atom. The van der Waals surface area contributed by atoms with Crippen molar-refractivity contribution in [2.24, 2.45) is 5.92 Å². The first-order chi connectivity index (χ1) is 13.5. The van der Waals surface area contributed by atoms with E-state index < -0.39 is 0 Å². The van der Waals surface area contributed by atoms with Crippen LogP contribution in [0.5, 0.6) is 0 Å². The van der Waals surface area contributed by atoms with Gasteiger partial charge in [0.25, 0.3) is 0 Å². The van der Waals surface area contributed by atoms with E-state index >= 15 is 0 Å². The Morgan fingerprint density at radius 3 is 2.82 bits per heavy atom. The van der Waals surface area contributed by atoms with Gasteiger partial charge in [0.1, 0.15) is 17.7 Å². The maximum atomic E-state index is 13.7. The minimum Gasteiger partial charge on any atom is -0.362 e. The lowest BCUT2D eigenvalue weighted by molar-refractivity contribution is 0.549. The number of pyridine rings is 1. The zero-order valence-electron chi connectivity index (χ0n) is 16.2. The molecule has 0 saturated carbocycles. The average Bonchev–Trinajstić information content (AvgIpc) is 3.17. The number of aromatic nitrogens is 5. The molecule has 0 saturated heterocycles. The van der Waals surface area contributed by atoms with Gasteiger partial charge in [-0.3, -0.25) is 4.98 Å². The second kappa shape index (κ2) is 7.50. The van der Waals surface area contributed by atoms with Gasteiger partial charge < -0.3 is 10.3 Å². The average molecular weight is 378 g/mol. The van der Waals surface area contributed by atoms with Gasteiger partial charge in [0.15, 0.2) is 11.5 Å². The van der Waals surface area contributed by atoms with Crippen molar-refractivity contribution in [1.82, 2.24) is 24.9 Å². The number of nitrogens with zero attached hydrogens (tertiary/aromatic N) is 4. The Hall–Kier alpha value is -3.09. The fraction of sp³-hybridized carbons (Fsp3) is 0.333. The van der Waals surface area contributed by atoms with Crippen LogP contribution < -0.4 is 5.32 Å². The van der Waals surface area contributed by atoms with Crippen molar-refractivity contribution in [3.05, 3.63) is 54.0 Å². The number of benzene rings is 1. The van der Waals surface area contributed by atoms with Crippen molar-refractivity contribution < 1.29 is 4.39 Å². The van der Waals surface area contributed by atoms with Gasteiger partial charge in [0.2, 0.25) is 0 Å². The van der Waals surface area contributed by atoms with Crippen LogP contribution in [0.2, 0.25) is 0 Å². The van der Waals surface area contributed by atoms with E-state index in [0.717, 1.165) is 35.0 Å². The molecule has 0 radical (unpaired) electrons. The van der Waals surface area contributed by atoms with Crippen molar-refractivity contribution in [1.29, 1.82) is 0 Å². The third-order valence-electron chi connectivity index (χ3n) is 5.17. The van der Waals surface area contributed by atoms with Crippen molar-refractivity contribution in [2.75, 3.05) is 5.32 Å². The monoisotopic (exact) mass is 378 g/mol. The quantitative estimate of drug-likeness (QED) is 0.504. The zero-order chi connectivity index (χ0) is 19.7. The molecule has 3 aromatic heterocycles. The van der Waals surface area contributed by atoms with Crippen molar-refractivity contribution >= 4 is 27.9 Å². The van der Waals surface area contributed by atoms with E-state index in [1.165, 1.54) is 18.5 Å². The Morgan fingerprint density at radius 1 is 1.14 bits per heavy atom. The van der Waals surface area contributed by atoms with Gasteiger partial charge in [-0.2, -0.15) is 0 Å². The second-order valence-corrected chi connectivity index (χ2v) is 7.27. The van der Waals surface area contributed by atoms with Gasteiger partial charge in [0.05, 0.1) is 17.9 Å². The molecular formula is C21H23FN6. The SMILES string of the molecule is CCC(C)Cc1nc2cc(F)ccc2cc1C(C)Nc1ncnc2nc[nH]c12. The first-order valence-corrected chi connectivity index (χ1v) is 9.54. The number of aromatic amines is 1. The lowest BCUT2D eigenvalue weighted by Crippen LogP contribution is -2.14. The molecule has 4 aromatic rings. The topological polar surface area (TPSA) is 79.4 Å². The van der Waals surface area contributed by atoms with Crippen LogP contribution in [0.1, 0.15) is 44.5 Å². The minimum absolute atomic E-state index is 0.0394. The van der Waals surface area contributed by atoms with Crippen LogP contribution in [0, 0.1) is 11.7 Å². The largest absolute Gasteiger partial charge is 0.362 e. The molecule has 28 heavy (non-hydrogen) atoms. The van der Waals surface area contributed by atoms with E-state index in [-0.39, 0.29) is 11.9 Å². The summed E-state index contributed by atoms with van der Waals surface area (Å²) in [6.45, 7) is 6.46. The lowest BCUT2D eigenvalue weighted by Gasteiger charge is -2.20. The molecule has 0 spiro atoms. The number of hydrogen-bond acceptors (Lipinski definition) is 5. The van der Waals surface area contributed by atoms with E-state index in [1.807, 2.05) is 0 Å². The number of hydrogen-bond donors (Lipinski definition) is 2. The summed E-state index contributed by atoms with van der Waals surface area (Å²) in [6.07, 6.45) is 5.01. The number of fused-ring (bicyclic) bond motifs is 2. The number of halogens is 1. The van der Waals surface area contributed by atoms with Crippen LogP contribution in [0.25, 0.3) is 22.1 Å². The number of nitrogens with one attached hydrogen (secondary N) is 2. The molecule has 0 aliphatic carbocycles. The van der Waals surface area contributed by atoms with E-state index in [2.05, 4.69) is 52.1 Å². The zero-order valence-corrected chi connectivity index (χ0v) is 16.2. The summed E-state index contributed by atoms with van der Waals surface area (Å²) in [4.78, 5) is 20.6. The Balaban J connectivity index is 1.75. The summed E-state index contributed by atoms with van der Waals surface area (Å²) in [5, 5.41) is 4.38. The van der Waals surface area contributed by atoms with Gasteiger partial charge in [-0.25, -0.2) is 19.3 Å². The second-order valence-electron chi connectivity index (χ2n) is 7.27. The molecule has 6 nitrogen and oxygen atoms in total. The highest BCUT2D eigenvalue weighted by Crippen LogP contribution is 2.28. The Labute approximate surface area is 162 Å². The Kier molecular flexibility index (Phi) is 4.90. The van der Waals surface area contributed by atoms with Crippen LogP contribution in [0.15, 0.2) is 36.9 Å². The highest BCUT2D eigenvalue weighted by Gasteiger charge is 2.17. The number of imidazole rings is 1. The molecule has 0 fully saturated rings. The predicted octanol–water partition coefficient (Wildman–Crippen LogP) is 4.80. The van der Waals surface area contributed by atoms with Crippen molar-refractivity contribution in [2.45, 2.75) is 39.7 Å². The van der Waals surface area contributed by atoms with Crippen molar-refractivity contribution in [3.8, 4) is 0 Å². The van der Waals surface area contributed by atoms with E-state index in [9.17, 15) is 4.39 Å². The minimum atomic E-state index is -0.268. The molecule has 2 atom stereocenters. The first-order valence-electron chi connectivity index (χ1n) is 9.54. The summed E-state index contributed by atoms with van der Waals surface area (Å²) < 4.78 is 13.7. The van der Waals surface area contributed by atoms with Crippen LogP contribution >= 0.6 is 0 Å². The van der Waals surface area contributed by atoms with Crippen LogP contribution in [-0.2, 0) is 6.42 Å². The molecular weight excluding hydrogens is 355 g/mol. The van der Waals surface area contributed by atoms with Crippen LogP contribution in [0.4, 0.5) is 10.2 Å². The summed E-state index contributed by atoms with van der Waals surface area (Å²) in [6, 6.07) is 6.80. The van der Waals surface area contributed by atoms with Gasteiger partial charge in [0, 0.05) is 17.1 Å². The van der Waals surface area contributed by atoms with Gasteiger partial charge in [-0.1, -0.05) is 20.3 Å².